The molecule has 6 heteroatoms. The van der Waals surface area contributed by atoms with Crippen LogP contribution < -0.4 is 14.8 Å². The first-order valence-electron chi connectivity index (χ1n) is 9.96. The number of aryl methyl sites for hydroxylation is 1. The van der Waals surface area contributed by atoms with E-state index < -0.39 is 5.97 Å². The van der Waals surface area contributed by atoms with Gasteiger partial charge in [-0.2, -0.15) is 0 Å². The molecule has 0 bridgehead atoms. The average Bonchev–Trinajstić information content (AvgIpc) is 2.77. The van der Waals surface area contributed by atoms with Gasteiger partial charge in [0.25, 0.3) is 0 Å². The summed E-state index contributed by atoms with van der Waals surface area (Å²) in [5.41, 5.74) is 3.05. The van der Waals surface area contributed by atoms with E-state index in [1.54, 1.807) is 24.4 Å². The molecule has 0 unspecified atom stereocenters. The Labute approximate surface area is 181 Å². The van der Waals surface area contributed by atoms with Crippen LogP contribution in [-0.2, 0) is 16.0 Å². The van der Waals surface area contributed by atoms with Gasteiger partial charge in [0.15, 0.2) is 6.61 Å². The van der Waals surface area contributed by atoms with Gasteiger partial charge < -0.3 is 14.8 Å². The molecule has 0 spiro atoms. The van der Waals surface area contributed by atoms with Crippen molar-refractivity contribution < 1.29 is 19.1 Å². The van der Waals surface area contributed by atoms with Crippen LogP contribution in [0.1, 0.15) is 30.5 Å². The lowest BCUT2D eigenvalue weighted by Crippen LogP contribution is -2.17. The summed E-state index contributed by atoms with van der Waals surface area (Å²) in [4.78, 5) is 27.2. The second kappa shape index (κ2) is 10.7. The highest BCUT2D eigenvalue weighted by molar-refractivity contribution is 5.88. The number of carbonyl (C=O) groups excluding carboxylic acids is 2. The predicted molar refractivity (Wildman–Crippen MR) is 121 cm³/mol. The SMILES string of the molecule is CCc1ccc(OCC(=O)Oc2ccc(/C=C/c3ccnc(NC(C)=O)c3)cc2)cc1. The van der Waals surface area contributed by atoms with Crippen LogP contribution >= 0.6 is 0 Å². The zero-order valence-corrected chi connectivity index (χ0v) is 17.5. The molecular weight excluding hydrogens is 392 g/mol. The summed E-state index contributed by atoms with van der Waals surface area (Å²) in [5.74, 6) is 0.945. The Bertz CT molecular complexity index is 1060. The molecule has 158 valence electrons. The van der Waals surface area contributed by atoms with Crippen LogP contribution in [0.5, 0.6) is 11.5 Å². The van der Waals surface area contributed by atoms with E-state index in [0.717, 1.165) is 17.5 Å². The molecule has 2 aromatic carbocycles. The van der Waals surface area contributed by atoms with E-state index in [-0.39, 0.29) is 12.5 Å². The lowest BCUT2D eigenvalue weighted by atomic mass is 10.1. The molecule has 0 saturated carbocycles. The van der Waals surface area contributed by atoms with Crippen molar-refractivity contribution >= 4 is 29.8 Å². The fourth-order valence-corrected chi connectivity index (χ4v) is 2.76. The van der Waals surface area contributed by atoms with E-state index in [4.69, 9.17) is 9.47 Å². The number of hydrogen-bond acceptors (Lipinski definition) is 5. The minimum absolute atomic E-state index is 0.161. The second-order valence-electron chi connectivity index (χ2n) is 6.82. The third-order valence-corrected chi connectivity index (χ3v) is 4.36. The molecule has 31 heavy (non-hydrogen) atoms. The van der Waals surface area contributed by atoms with E-state index in [1.807, 2.05) is 54.6 Å². The standard InChI is InChI=1S/C25H24N2O4/c1-3-19-6-10-22(11-7-19)30-17-25(29)31-23-12-8-20(9-13-23)4-5-21-14-15-26-24(16-21)27-18(2)28/h4-16H,3,17H2,1-2H3,(H,26,27,28)/b5-4+. The van der Waals surface area contributed by atoms with Gasteiger partial charge in [0.05, 0.1) is 0 Å². The smallest absolute Gasteiger partial charge is 0.349 e. The molecule has 0 aliphatic carbocycles. The number of esters is 1. The Balaban J connectivity index is 1.51. The largest absolute Gasteiger partial charge is 0.482 e. The van der Waals surface area contributed by atoms with Crippen molar-refractivity contribution in [2.45, 2.75) is 20.3 Å². The highest BCUT2D eigenvalue weighted by Gasteiger charge is 2.06. The first kappa shape index (κ1) is 21.8. The number of aromatic nitrogens is 1. The van der Waals surface area contributed by atoms with Gasteiger partial charge in [-0.05, 0) is 59.5 Å². The van der Waals surface area contributed by atoms with E-state index in [1.165, 1.54) is 12.5 Å². The zero-order valence-electron chi connectivity index (χ0n) is 17.5. The van der Waals surface area contributed by atoms with Gasteiger partial charge in [-0.15, -0.1) is 0 Å². The van der Waals surface area contributed by atoms with E-state index in [2.05, 4.69) is 17.2 Å². The van der Waals surface area contributed by atoms with Crippen molar-refractivity contribution in [2.75, 3.05) is 11.9 Å². The van der Waals surface area contributed by atoms with Crippen molar-refractivity contribution in [3.8, 4) is 11.5 Å². The van der Waals surface area contributed by atoms with Crippen LogP contribution in [0.2, 0.25) is 0 Å². The summed E-state index contributed by atoms with van der Waals surface area (Å²) in [6, 6.07) is 18.4. The lowest BCUT2D eigenvalue weighted by Gasteiger charge is -2.07. The molecule has 1 N–H and O–H groups in total. The van der Waals surface area contributed by atoms with Crippen LogP contribution in [0.25, 0.3) is 12.2 Å². The Kier molecular flexibility index (Phi) is 7.54. The zero-order chi connectivity index (χ0) is 22.1. The molecule has 6 nitrogen and oxygen atoms in total. The van der Waals surface area contributed by atoms with Crippen LogP contribution in [0.4, 0.5) is 5.82 Å². The Morgan fingerprint density at radius 3 is 2.29 bits per heavy atom. The number of anilines is 1. The maximum Gasteiger partial charge on any atom is 0.349 e. The summed E-state index contributed by atoms with van der Waals surface area (Å²) in [6.45, 7) is 3.36. The predicted octanol–water partition coefficient (Wildman–Crippen LogP) is 4.76. The van der Waals surface area contributed by atoms with Gasteiger partial charge in [-0.3, -0.25) is 4.79 Å². The minimum Gasteiger partial charge on any atom is -0.482 e. The minimum atomic E-state index is -0.467. The molecule has 0 atom stereocenters. The molecule has 3 aromatic rings. The van der Waals surface area contributed by atoms with E-state index >= 15 is 0 Å². The Morgan fingerprint density at radius 1 is 0.935 bits per heavy atom. The van der Waals surface area contributed by atoms with Crippen LogP contribution in [0.15, 0.2) is 66.9 Å². The average molecular weight is 416 g/mol. The molecule has 0 aliphatic rings. The highest BCUT2D eigenvalue weighted by atomic mass is 16.6. The summed E-state index contributed by atoms with van der Waals surface area (Å²) in [5, 5.41) is 2.65. The molecule has 0 aliphatic heterocycles. The molecule has 1 aromatic heterocycles. The lowest BCUT2D eigenvalue weighted by molar-refractivity contribution is -0.136. The van der Waals surface area contributed by atoms with Gasteiger partial charge >= 0.3 is 5.97 Å². The quantitative estimate of drug-likeness (QED) is 0.423. The number of rotatable bonds is 8. The molecule has 0 radical (unpaired) electrons. The monoisotopic (exact) mass is 416 g/mol. The normalized spacial score (nSPS) is 10.6. The topological polar surface area (TPSA) is 77.5 Å². The van der Waals surface area contributed by atoms with Crippen LogP contribution in [0.3, 0.4) is 0 Å². The maximum absolute atomic E-state index is 12.0. The third kappa shape index (κ3) is 7.12. The third-order valence-electron chi connectivity index (χ3n) is 4.36. The molecular formula is C25H24N2O4. The number of benzene rings is 2. The van der Waals surface area contributed by atoms with E-state index in [9.17, 15) is 9.59 Å². The van der Waals surface area contributed by atoms with E-state index in [0.29, 0.717) is 17.3 Å². The number of pyridine rings is 1. The van der Waals surface area contributed by atoms with Crippen LogP contribution in [-0.4, -0.2) is 23.5 Å². The number of amides is 1. The van der Waals surface area contributed by atoms with Crippen molar-refractivity contribution in [1.82, 2.24) is 4.98 Å². The summed E-state index contributed by atoms with van der Waals surface area (Å²) in [6.07, 6.45) is 6.41. The second-order valence-corrected chi connectivity index (χ2v) is 6.82. The highest BCUT2D eigenvalue weighted by Crippen LogP contribution is 2.17. The number of carbonyl (C=O) groups is 2. The summed E-state index contributed by atoms with van der Waals surface area (Å²) < 4.78 is 10.8. The number of nitrogens with one attached hydrogen (secondary N) is 1. The van der Waals surface area contributed by atoms with Gasteiger partial charge in [-0.1, -0.05) is 43.3 Å². The van der Waals surface area contributed by atoms with Gasteiger partial charge in [0.2, 0.25) is 5.91 Å². The molecule has 3 rings (SSSR count). The fraction of sp³-hybridized carbons (Fsp3) is 0.160. The van der Waals surface area contributed by atoms with Crippen molar-refractivity contribution in [1.29, 1.82) is 0 Å². The Hall–Kier alpha value is -3.93. The molecule has 1 heterocycles. The first-order valence-corrected chi connectivity index (χ1v) is 9.96. The molecule has 0 saturated heterocycles. The van der Waals surface area contributed by atoms with Crippen molar-refractivity contribution in [3.63, 3.8) is 0 Å². The van der Waals surface area contributed by atoms with Crippen molar-refractivity contribution in [2.24, 2.45) is 0 Å². The summed E-state index contributed by atoms with van der Waals surface area (Å²) in [7, 11) is 0. The van der Waals surface area contributed by atoms with Gasteiger partial charge in [0, 0.05) is 13.1 Å². The number of hydrogen-bond donors (Lipinski definition) is 1. The van der Waals surface area contributed by atoms with Crippen LogP contribution in [0, 0.1) is 0 Å². The van der Waals surface area contributed by atoms with Gasteiger partial charge in [-0.25, -0.2) is 9.78 Å². The number of ether oxygens (including phenoxy) is 2. The maximum atomic E-state index is 12.0. The molecule has 1 amide bonds. The first-order chi connectivity index (χ1) is 15.0. The van der Waals surface area contributed by atoms with Crippen molar-refractivity contribution in [3.05, 3.63) is 83.6 Å². The fourth-order valence-electron chi connectivity index (χ4n) is 2.76. The summed E-state index contributed by atoms with van der Waals surface area (Å²) >= 11 is 0. The Morgan fingerprint density at radius 2 is 1.61 bits per heavy atom. The number of nitrogens with zero attached hydrogens (tertiary/aromatic N) is 1. The molecule has 0 fully saturated rings. The van der Waals surface area contributed by atoms with Gasteiger partial charge in [0.1, 0.15) is 17.3 Å².